The van der Waals surface area contributed by atoms with Crippen molar-refractivity contribution in [2.75, 3.05) is 18.2 Å². The molecule has 0 aliphatic carbocycles. The molecule has 0 saturated carbocycles. The Balaban J connectivity index is 1.60. The van der Waals surface area contributed by atoms with Crippen molar-refractivity contribution in [2.24, 2.45) is 0 Å². The highest BCUT2D eigenvalue weighted by Crippen LogP contribution is 2.22. The molecule has 2 N–H and O–H groups in total. The fourth-order valence-corrected chi connectivity index (χ4v) is 2.97. The van der Waals surface area contributed by atoms with Crippen molar-refractivity contribution in [2.45, 2.75) is 5.16 Å². The van der Waals surface area contributed by atoms with Crippen LogP contribution in [0.2, 0.25) is 5.02 Å². The summed E-state index contributed by atoms with van der Waals surface area (Å²) < 4.78 is 4.71. The zero-order valence-corrected chi connectivity index (χ0v) is 15.8. The molecular weight excluding hydrogens is 388 g/mol. The van der Waals surface area contributed by atoms with E-state index in [1.54, 1.807) is 36.4 Å². The molecule has 0 spiro atoms. The van der Waals surface area contributed by atoms with Crippen LogP contribution in [0, 0.1) is 0 Å². The fourth-order valence-electron chi connectivity index (χ4n) is 2.24. The van der Waals surface area contributed by atoms with E-state index in [0.717, 1.165) is 5.56 Å². The van der Waals surface area contributed by atoms with Gasteiger partial charge in [0.15, 0.2) is 5.82 Å². The van der Waals surface area contributed by atoms with Crippen LogP contribution in [-0.4, -0.2) is 39.9 Å². The maximum absolute atomic E-state index is 12.2. The normalized spacial score (nSPS) is 10.4. The third-order valence-corrected chi connectivity index (χ3v) is 4.62. The van der Waals surface area contributed by atoms with E-state index in [1.807, 2.05) is 12.1 Å². The second-order valence-electron chi connectivity index (χ2n) is 5.35. The van der Waals surface area contributed by atoms with Crippen molar-refractivity contribution >= 4 is 40.9 Å². The predicted octanol–water partition coefficient (Wildman–Crippen LogP) is 3.64. The number of thioether (sulfide) groups is 1. The predicted molar refractivity (Wildman–Crippen MR) is 104 cm³/mol. The van der Waals surface area contributed by atoms with Gasteiger partial charge in [-0.05, 0) is 36.4 Å². The van der Waals surface area contributed by atoms with E-state index in [1.165, 1.54) is 18.9 Å². The topological polar surface area (TPSA) is 97.0 Å². The largest absolute Gasteiger partial charge is 0.465 e. The second kappa shape index (κ2) is 8.70. The number of methoxy groups -OCH3 is 1. The van der Waals surface area contributed by atoms with Crippen LogP contribution in [0.3, 0.4) is 0 Å². The first-order chi connectivity index (χ1) is 13.1. The molecule has 0 saturated heterocycles. The maximum Gasteiger partial charge on any atom is 0.339 e. The average molecular weight is 403 g/mol. The molecule has 0 atom stereocenters. The highest BCUT2D eigenvalue weighted by Gasteiger charge is 2.14. The highest BCUT2D eigenvalue weighted by molar-refractivity contribution is 7.99. The average Bonchev–Trinajstić information content (AvgIpc) is 3.16. The molecule has 0 fully saturated rings. The second-order valence-corrected chi connectivity index (χ2v) is 6.73. The molecule has 138 valence electrons. The van der Waals surface area contributed by atoms with Crippen molar-refractivity contribution in [3.8, 4) is 11.4 Å². The molecule has 9 heteroatoms. The van der Waals surface area contributed by atoms with Gasteiger partial charge in [0.2, 0.25) is 11.1 Å². The van der Waals surface area contributed by atoms with Crippen LogP contribution in [0.25, 0.3) is 11.4 Å². The summed E-state index contributed by atoms with van der Waals surface area (Å²) in [6, 6.07) is 13.8. The highest BCUT2D eigenvalue weighted by atomic mass is 35.5. The lowest BCUT2D eigenvalue weighted by Gasteiger charge is -2.08. The number of carbonyl (C=O) groups excluding carboxylic acids is 2. The van der Waals surface area contributed by atoms with Gasteiger partial charge in [0, 0.05) is 10.6 Å². The Kier molecular flexibility index (Phi) is 6.10. The number of rotatable bonds is 6. The first-order valence-corrected chi connectivity index (χ1v) is 9.21. The molecule has 27 heavy (non-hydrogen) atoms. The number of hydrogen-bond donors (Lipinski definition) is 2. The van der Waals surface area contributed by atoms with E-state index in [4.69, 9.17) is 16.3 Å². The van der Waals surface area contributed by atoms with Crippen molar-refractivity contribution in [3.05, 3.63) is 59.1 Å². The van der Waals surface area contributed by atoms with Crippen molar-refractivity contribution in [1.29, 1.82) is 0 Å². The van der Waals surface area contributed by atoms with E-state index in [0.29, 0.717) is 27.3 Å². The molecule has 3 aromatic rings. The number of hydrogen-bond acceptors (Lipinski definition) is 6. The van der Waals surface area contributed by atoms with Crippen molar-refractivity contribution in [1.82, 2.24) is 15.2 Å². The lowest BCUT2D eigenvalue weighted by molar-refractivity contribution is -0.113. The number of aromatic amines is 1. The van der Waals surface area contributed by atoms with Crippen LogP contribution >= 0.6 is 23.4 Å². The Morgan fingerprint density at radius 1 is 1.19 bits per heavy atom. The molecule has 2 aromatic carbocycles. The summed E-state index contributed by atoms with van der Waals surface area (Å²) in [5.74, 6) is -0.118. The van der Waals surface area contributed by atoms with E-state index in [2.05, 4.69) is 20.5 Å². The molecule has 0 unspecified atom stereocenters. The number of halogens is 1. The molecule has 7 nitrogen and oxygen atoms in total. The number of benzene rings is 2. The minimum absolute atomic E-state index is 0.0907. The third kappa shape index (κ3) is 4.87. The molecular formula is C18H15ClN4O3S. The zero-order valence-electron chi connectivity index (χ0n) is 14.2. The first kappa shape index (κ1) is 18.9. The molecule has 0 bridgehead atoms. The van der Waals surface area contributed by atoms with Gasteiger partial charge in [0.05, 0.1) is 24.1 Å². The third-order valence-electron chi connectivity index (χ3n) is 3.52. The van der Waals surface area contributed by atoms with Crippen LogP contribution in [0.1, 0.15) is 10.4 Å². The Morgan fingerprint density at radius 3 is 2.67 bits per heavy atom. The lowest BCUT2D eigenvalue weighted by atomic mass is 10.2. The van der Waals surface area contributed by atoms with Crippen LogP contribution < -0.4 is 5.32 Å². The summed E-state index contributed by atoms with van der Waals surface area (Å²) in [6.45, 7) is 0. The van der Waals surface area contributed by atoms with Crippen LogP contribution in [0.15, 0.2) is 53.7 Å². The first-order valence-electron chi connectivity index (χ1n) is 7.85. The molecule has 1 heterocycles. The summed E-state index contributed by atoms with van der Waals surface area (Å²) in [7, 11) is 1.29. The number of para-hydroxylation sites is 1. The Labute approximate surface area is 164 Å². The SMILES string of the molecule is COC(=O)c1ccccc1NC(=O)CSc1n[nH]c(-c2ccc(Cl)cc2)n1. The van der Waals surface area contributed by atoms with Crippen LogP contribution in [-0.2, 0) is 9.53 Å². The van der Waals surface area contributed by atoms with Gasteiger partial charge < -0.3 is 10.1 Å². The standard InChI is InChI=1S/C18H15ClN4O3S/c1-26-17(25)13-4-2-3-5-14(13)20-15(24)10-27-18-21-16(22-23-18)11-6-8-12(19)9-7-11/h2-9H,10H2,1H3,(H,20,24)(H,21,22,23). The maximum atomic E-state index is 12.2. The van der Waals surface area contributed by atoms with E-state index >= 15 is 0 Å². The van der Waals surface area contributed by atoms with Gasteiger partial charge in [0.1, 0.15) is 0 Å². The Bertz CT molecular complexity index is 959. The van der Waals surface area contributed by atoms with Gasteiger partial charge in [-0.1, -0.05) is 35.5 Å². The van der Waals surface area contributed by atoms with Gasteiger partial charge >= 0.3 is 5.97 Å². The van der Waals surface area contributed by atoms with Gasteiger partial charge in [-0.2, -0.15) is 0 Å². The van der Waals surface area contributed by atoms with E-state index < -0.39 is 5.97 Å². The molecule has 1 amide bonds. The van der Waals surface area contributed by atoms with Crippen LogP contribution in [0.4, 0.5) is 5.69 Å². The number of nitrogens with one attached hydrogen (secondary N) is 2. The number of anilines is 1. The van der Waals surface area contributed by atoms with Crippen molar-refractivity contribution in [3.63, 3.8) is 0 Å². The molecule has 0 aliphatic heterocycles. The van der Waals surface area contributed by atoms with E-state index in [-0.39, 0.29) is 11.7 Å². The number of ether oxygens (including phenoxy) is 1. The monoisotopic (exact) mass is 402 g/mol. The Morgan fingerprint density at radius 2 is 1.93 bits per heavy atom. The number of amides is 1. The minimum atomic E-state index is -0.514. The summed E-state index contributed by atoms with van der Waals surface area (Å²) >= 11 is 7.05. The van der Waals surface area contributed by atoms with Gasteiger partial charge in [-0.3, -0.25) is 9.89 Å². The fraction of sp³-hybridized carbons (Fsp3) is 0.111. The molecule has 1 aromatic heterocycles. The van der Waals surface area contributed by atoms with Gasteiger partial charge in [0.25, 0.3) is 0 Å². The van der Waals surface area contributed by atoms with Gasteiger partial charge in [-0.15, -0.1) is 5.10 Å². The Hall–Kier alpha value is -2.84. The minimum Gasteiger partial charge on any atom is -0.465 e. The number of nitrogens with zero attached hydrogens (tertiary/aromatic N) is 2. The molecule has 3 rings (SSSR count). The summed E-state index contributed by atoms with van der Waals surface area (Å²) in [5, 5.41) is 10.7. The van der Waals surface area contributed by atoms with Gasteiger partial charge in [-0.25, -0.2) is 9.78 Å². The summed E-state index contributed by atoms with van der Waals surface area (Å²) in [6.07, 6.45) is 0. The van der Waals surface area contributed by atoms with E-state index in [9.17, 15) is 9.59 Å². The molecule has 0 radical (unpaired) electrons. The summed E-state index contributed by atoms with van der Waals surface area (Å²) in [5.41, 5.74) is 1.53. The molecule has 0 aliphatic rings. The number of H-pyrrole nitrogens is 1. The van der Waals surface area contributed by atoms with Crippen molar-refractivity contribution < 1.29 is 14.3 Å². The quantitative estimate of drug-likeness (QED) is 0.482. The number of carbonyl (C=O) groups is 2. The number of esters is 1. The number of aromatic nitrogens is 3. The lowest BCUT2D eigenvalue weighted by Crippen LogP contribution is -2.17. The smallest absolute Gasteiger partial charge is 0.339 e. The van der Waals surface area contributed by atoms with Crippen LogP contribution in [0.5, 0.6) is 0 Å². The summed E-state index contributed by atoms with van der Waals surface area (Å²) in [4.78, 5) is 28.3. The zero-order chi connectivity index (χ0) is 19.2.